The van der Waals surface area contributed by atoms with Crippen LogP contribution in [0.25, 0.3) is 0 Å². The van der Waals surface area contributed by atoms with E-state index in [9.17, 15) is 9.59 Å². The Hall–Kier alpha value is -1.56. The molecule has 114 valence electrons. The van der Waals surface area contributed by atoms with Crippen molar-refractivity contribution in [2.75, 3.05) is 13.7 Å². The number of methoxy groups -OCH3 is 1. The number of hydrogen-bond acceptors (Lipinski definition) is 3. The van der Waals surface area contributed by atoms with Gasteiger partial charge in [-0.2, -0.15) is 0 Å². The summed E-state index contributed by atoms with van der Waals surface area (Å²) in [5, 5.41) is 2.75. The van der Waals surface area contributed by atoms with Gasteiger partial charge in [0.15, 0.2) is 0 Å². The Bertz CT molecular complexity index is 560. The monoisotopic (exact) mass is 354 g/mol. The van der Waals surface area contributed by atoms with Crippen molar-refractivity contribution in [2.45, 2.75) is 26.4 Å². The average molecular weight is 355 g/mol. The molecule has 21 heavy (non-hydrogen) atoms. The van der Waals surface area contributed by atoms with Crippen molar-refractivity contribution in [1.82, 2.24) is 10.2 Å². The van der Waals surface area contributed by atoms with Gasteiger partial charge in [0.1, 0.15) is 11.8 Å². The van der Waals surface area contributed by atoms with Gasteiger partial charge in [-0.25, -0.2) is 0 Å². The lowest BCUT2D eigenvalue weighted by molar-refractivity contribution is -0.146. The van der Waals surface area contributed by atoms with E-state index in [1.54, 1.807) is 12.0 Å². The molecule has 1 aromatic carbocycles. The molecule has 1 aromatic rings. The number of hydrogen-bond donors (Lipinski definition) is 1. The molecule has 1 unspecified atom stereocenters. The van der Waals surface area contributed by atoms with Crippen molar-refractivity contribution in [3.63, 3.8) is 0 Å². The SMILES string of the molecule is COc1ccc(CN2CC(=O)NC(C(C)C)C2=O)cc1Br. The average Bonchev–Trinajstić information content (AvgIpc) is 2.42. The van der Waals surface area contributed by atoms with Crippen molar-refractivity contribution in [3.8, 4) is 5.75 Å². The van der Waals surface area contributed by atoms with Gasteiger partial charge in [0.2, 0.25) is 11.8 Å². The van der Waals surface area contributed by atoms with E-state index in [2.05, 4.69) is 21.2 Å². The van der Waals surface area contributed by atoms with Gasteiger partial charge in [0, 0.05) is 6.54 Å². The summed E-state index contributed by atoms with van der Waals surface area (Å²) in [7, 11) is 1.60. The van der Waals surface area contributed by atoms with Crippen molar-refractivity contribution < 1.29 is 14.3 Å². The number of nitrogens with zero attached hydrogens (tertiary/aromatic N) is 1. The van der Waals surface area contributed by atoms with Crippen LogP contribution in [-0.2, 0) is 16.1 Å². The molecule has 6 heteroatoms. The van der Waals surface area contributed by atoms with Crippen molar-refractivity contribution in [1.29, 1.82) is 0 Å². The Kier molecular flexibility index (Phi) is 4.88. The van der Waals surface area contributed by atoms with Crippen molar-refractivity contribution in [2.24, 2.45) is 5.92 Å². The summed E-state index contributed by atoms with van der Waals surface area (Å²) in [6.07, 6.45) is 0. The molecule has 1 saturated heterocycles. The molecular weight excluding hydrogens is 336 g/mol. The molecule has 2 rings (SSSR count). The lowest BCUT2D eigenvalue weighted by Gasteiger charge is -2.34. The van der Waals surface area contributed by atoms with E-state index >= 15 is 0 Å². The minimum Gasteiger partial charge on any atom is -0.496 e. The largest absolute Gasteiger partial charge is 0.496 e. The second kappa shape index (κ2) is 6.47. The predicted molar refractivity (Wildman–Crippen MR) is 82.9 cm³/mol. The van der Waals surface area contributed by atoms with Crippen LogP contribution < -0.4 is 10.1 Å². The van der Waals surface area contributed by atoms with Crippen LogP contribution in [0.3, 0.4) is 0 Å². The van der Waals surface area contributed by atoms with Gasteiger partial charge in [-0.05, 0) is 39.5 Å². The first-order valence-electron chi connectivity index (χ1n) is 6.83. The Morgan fingerprint density at radius 2 is 2.14 bits per heavy atom. The maximum atomic E-state index is 12.4. The summed E-state index contributed by atoms with van der Waals surface area (Å²) < 4.78 is 6.02. The van der Waals surface area contributed by atoms with Crippen LogP contribution in [-0.4, -0.2) is 36.4 Å². The molecule has 0 spiro atoms. The fourth-order valence-corrected chi connectivity index (χ4v) is 2.93. The number of benzene rings is 1. The third kappa shape index (κ3) is 3.56. The lowest BCUT2D eigenvalue weighted by atomic mass is 10.0. The minimum absolute atomic E-state index is 0.0310. The molecule has 0 aromatic heterocycles. The molecule has 1 aliphatic heterocycles. The van der Waals surface area contributed by atoms with Crippen LogP contribution >= 0.6 is 15.9 Å². The molecule has 0 radical (unpaired) electrons. The first-order valence-corrected chi connectivity index (χ1v) is 7.62. The van der Waals surface area contributed by atoms with Crippen LogP contribution in [0.1, 0.15) is 19.4 Å². The first-order chi connectivity index (χ1) is 9.92. The summed E-state index contributed by atoms with van der Waals surface area (Å²) in [5.41, 5.74) is 0.952. The molecule has 0 saturated carbocycles. The molecule has 1 atom stereocenters. The second-order valence-electron chi connectivity index (χ2n) is 5.45. The van der Waals surface area contributed by atoms with Gasteiger partial charge in [0.05, 0.1) is 18.1 Å². The minimum atomic E-state index is -0.437. The van der Waals surface area contributed by atoms with Crippen molar-refractivity contribution >= 4 is 27.7 Å². The van der Waals surface area contributed by atoms with Gasteiger partial charge >= 0.3 is 0 Å². The van der Waals surface area contributed by atoms with Crippen LogP contribution in [0, 0.1) is 5.92 Å². The molecule has 1 fully saturated rings. The van der Waals surface area contributed by atoms with E-state index in [-0.39, 0.29) is 24.3 Å². The molecule has 0 aliphatic carbocycles. The summed E-state index contributed by atoms with van der Waals surface area (Å²) in [5.74, 6) is 0.672. The van der Waals surface area contributed by atoms with Gasteiger partial charge in [-0.15, -0.1) is 0 Å². The Morgan fingerprint density at radius 3 is 2.71 bits per heavy atom. The molecule has 5 nitrogen and oxygen atoms in total. The highest BCUT2D eigenvalue weighted by Crippen LogP contribution is 2.26. The molecule has 1 N–H and O–H groups in total. The summed E-state index contributed by atoms with van der Waals surface area (Å²) in [6.45, 7) is 4.37. The topological polar surface area (TPSA) is 58.6 Å². The number of rotatable bonds is 4. The first kappa shape index (κ1) is 15.8. The normalized spacial score (nSPS) is 18.9. The Balaban J connectivity index is 2.16. The standard InChI is InChI=1S/C15H19BrN2O3/c1-9(2)14-15(20)18(8-13(19)17-14)7-10-4-5-12(21-3)11(16)6-10/h4-6,9,14H,7-8H2,1-3H3,(H,17,19). The highest BCUT2D eigenvalue weighted by Gasteiger charge is 2.34. The molecular formula is C15H19BrN2O3. The zero-order valence-electron chi connectivity index (χ0n) is 12.4. The van der Waals surface area contributed by atoms with Gasteiger partial charge in [0.25, 0.3) is 0 Å². The Morgan fingerprint density at radius 1 is 1.43 bits per heavy atom. The van der Waals surface area contributed by atoms with E-state index in [1.165, 1.54) is 0 Å². The number of halogens is 1. The molecule has 1 heterocycles. The number of piperazine rings is 1. The number of carbonyl (C=O) groups is 2. The summed E-state index contributed by atoms with van der Waals surface area (Å²) in [6, 6.07) is 5.21. The maximum absolute atomic E-state index is 12.4. The fraction of sp³-hybridized carbons (Fsp3) is 0.467. The van der Waals surface area contributed by atoms with Crippen LogP contribution in [0.2, 0.25) is 0 Å². The Labute approximate surface area is 132 Å². The smallest absolute Gasteiger partial charge is 0.246 e. The third-order valence-corrected chi connectivity index (χ3v) is 4.10. The van der Waals surface area contributed by atoms with E-state index < -0.39 is 6.04 Å². The van der Waals surface area contributed by atoms with Gasteiger partial charge in [-0.1, -0.05) is 19.9 Å². The number of nitrogens with one attached hydrogen (secondary N) is 1. The fourth-order valence-electron chi connectivity index (χ4n) is 2.34. The number of carbonyl (C=O) groups excluding carboxylic acids is 2. The second-order valence-corrected chi connectivity index (χ2v) is 6.31. The molecule has 1 aliphatic rings. The van der Waals surface area contributed by atoms with Gasteiger partial charge in [-0.3, -0.25) is 9.59 Å². The summed E-state index contributed by atoms with van der Waals surface area (Å²) in [4.78, 5) is 25.8. The van der Waals surface area contributed by atoms with E-state index in [0.29, 0.717) is 6.54 Å². The highest BCUT2D eigenvalue weighted by molar-refractivity contribution is 9.10. The van der Waals surface area contributed by atoms with E-state index in [1.807, 2.05) is 32.0 Å². The maximum Gasteiger partial charge on any atom is 0.246 e. The van der Waals surface area contributed by atoms with E-state index in [0.717, 1.165) is 15.8 Å². The van der Waals surface area contributed by atoms with Crippen LogP contribution in [0.4, 0.5) is 0 Å². The quantitative estimate of drug-likeness (QED) is 0.898. The van der Waals surface area contributed by atoms with Crippen molar-refractivity contribution in [3.05, 3.63) is 28.2 Å². The van der Waals surface area contributed by atoms with Crippen LogP contribution in [0.5, 0.6) is 5.75 Å². The predicted octanol–water partition coefficient (Wildman–Crippen LogP) is 1.94. The lowest BCUT2D eigenvalue weighted by Crippen LogP contribution is -2.59. The molecule has 0 bridgehead atoms. The molecule has 2 amide bonds. The van der Waals surface area contributed by atoms with E-state index in [4.69, 9.17) is 4.74 Å². The zero-order valence-corrected chi connectivity index (χ0v) is 13.9. The van der Waals surface area contributed by atoms with Gasteiger partial charge < -0.3 is 15.0 Å². The highest BCUT2D eigenvalue weighted by atomic mass is 79.9. The summed E-state index contributed by atoms with van der Waals surface area (Å²) >= 11 is 3.43. The third-order valence-electron chi connectivity index (χ3n) is 3.48. The zero-order chi connectivity index (χ0) is 15.6. The number of ether oxygens (including phenoxy) is 1. The number of amides is 2. The van der Waals surface area contributed by atoms with Crippen LogP contribution in [0.15, 0.2) is 22.7 Å².